The van der Waals surface area contributed by atoms with Crippen molar-refractivity contribution in [3.8, 4) is 17.2 Å². The van der Waals surface area contributed by atoms with Crippen molar-refractivity contribution >= 4 is 23.6 Å². The zero-order valence-corrected chi connectivity index (χ0v) is 23.1. The molecule has 2 heterocycles. The number of aliphatic carboxylic acids is 1. The minimum absolute atomic E-state index is 0.0378. The van der Waals surface area contributed by atoms with Gasteiger partial charge in [0.25, 0.3) is 0 Å². The zero-order chi connectivity index (χ0) is 28.5. The van der Waals surface area contributed by atoms with Crippen molar-refractivity contribution in [2.75, 3.05) is 29.9 Å². The van der Waals surface area contributed by atoms with Gasteiger partial charge in [-0.1, -0.05) is 24.3 Å². The van der Waals surface area contributed by atoms with E-state index in [1.807, 2.05) is 43.3 Å². The fraction of sp³-hybridized carbons (Fsp3) is 0.400. The lowest BCUT2D eigenvalue weighted by Gasteiger charge is -2.33. The Hall–Kier alpha value is -4.34. The summed E-state index contributed by atoms with van der Waals surface area (Å²) in [4.78, 5) is 35.0. The fourth-order valence-electron chi connectivity index (χ4n) is 4.31. The normalized spacial score (nSPS) is 15.3. The Kier molecular flexibility index (Phi) is 9.42. The average Bonchev–Trinajstić information content (AvgIpc) is 2.94. The van der Waals surface area contributed by atoms with E-state index < -0.39 is 11.6 Å². The SMILES string of the molecule is CCOc1ccccc1OC1CCCN(c2nccc(NC(=O)CCc3ccc(OC(C)(C)C(=O)O)cc3)n2)C1. The van der Waals surface area contributed by atoms with Crippen LogP contribution in [0.3, 0.4) is 0 Å². The van der Waals surface area contributed by atoms with Crippen molar-refractivity contribution in [2.24, 2.45) is 0 Å². The summed E-state index contributed by atoms with van der Waals surface area (Å²) in [5.41, 5.74) is -0.390. The number of carbonyl (C=O) groups excluding carboxylic acids is 1. The molecule has 1 atom stereocenters. The summed E-state index contributed by atoms with van der Waals surface area (Å²) in [6.07, 6.45) is 4.23. The van der Waals surface area contributed by atoms with Crippen molar-refractivity contribution in [3.63, 3.8) is 0 Å². The van der Waals surface area contributed by atoms with Crippen LogP contribution in [0.5, 0.6) is 17.2 Å². The fourth-order valence-corrected chi connectivity index (χ4v) is 4.31. The number of aryl methyl sites for hydroxylation is 1. The third-order valence-electron chi connectivity index (χ3n) is 6.47. The van der Waals surface area contributed by atoms with E-state index in [0.29, 0.717) is 37.1 Å². The number of aromatic nitrogens is 2. The molecular formula is C30H36N4O6. The summed E-state index contributed by atoms with van der Waals surface area (Å²) in [5, 5.41) is 12.1. The Morgan fingerprint density at radius 1 is 1.10 bits per heavy atom. The van der Waals surface area contributed by atoms with Crippen LogP contribution >= 0.6 is 0 Å². The van der Waals surface area contributed by atoms with Gasteiger partial charge < -0.3 is 29.5 Å². The van der Waals surface area contributed by atoms with Crippen molar-refractivity contribution < 1.29 is 28.9 Å². The van der Waals surface area contributed by atoms with Gasteiger partial charge in [0.15, 0.2) is 17.1 Å². The molecule has 1 aliphatic heterocycles. The van der Waals surface area contributed by atoms with E-state index >= 15 is 0 Å². The number of nitrogens with one attached hydrogen (secondary N) is 1. The lowest BCUT2D eigenvalue weighted by atomic mass is 10.1. The van der Waals surface area contributed by atoms with E-state index in [0.717, 1.165) is 36.4 Å². The number of carboxylic acid groups (broad SMARTS) is 1. The largest absolute Gasteiger partial charge is 0.490 e. The van der Waals surface area contributed by atoms with E-state index in [4.69, 9.17) is 14.2 Å². The number of carbonyl (C=O) groups is 2. The number of rotatable bonds is 12. The molecule has 1 unspecified atom stereocenters. The number of nitrogens with zero attached hydrogens (tertiary/aromatic N) is 3. The molecular weight excluding hydrogens is 512 g/mol. The molecule has 1 saturated heterocycles. The summed E-state index contributed by atoms with van der Waals surface area (Å²) < 4.78 is 17.5. The Balaban J connectivity index is 1.30. The molecule has 2 aromatic carbocycles. The molecule has 1 aromatic heterocycles. The smallest absolute Gasteiger partial charge is 0.347 e. The van der Waals surface area contributed by atoms with Gasteiger partial charge in [-0.05, 0) is 75.9 Å². The molecule has 0 aliphatic carbocycles. The second-order valence-corrected chi connectivity index (χ2v) is 10.1. The molecule has 10 nitrogen and oxygen atoms in total. The van der Waals surface area contributed by atoms with E-state index in [1.165, 1.54) is 13.8 Å². The first-order valence-corrected chi connectivity index (χ1v) is 13.5. The van der Waals surface area contributed by atoms with Gasteiger partial charge in [0.1, 0.15) is 17.7 Å². The van der Waals surface area contributed by atoms with Crippen LogP contribution in [0.4, 0.5) is 11.8 Å². The highest BCUT2D eigenvalue weighted by atomic mass is 16.5. The number of piperidine rings is 1. The number of para-hydroxylation sites is 2. The van der Waals surface area contributed by atoms with Gasteiger partial charge in [-0.25, -0.2) is 9.78 Å². The minimum Gasteiger partial charge on any atom is -0.490 e. The number of hydrogen-bond donors (Lipinski definition) is 2. The van der Waals surface area contributed by atoms with Crippen molar-refractivity contribution in [2.45, 2.75) is 58.2 Å². The summed E-state index contributed by atoms with van der Waals surface area (Å²) in [7, 11) is 0. The van der Waals surface area contributed by atoms with E-state index in [9.17, 15) is 14.7 Å². The summed E-state index contributed by atoms with van der Waals surface area (Å²) in [6, 6.07) is 16.4. The molecule has 1 amide bonds. The van der Waals surface area contributed by atoms with Gasteiger partial charge in [-0.2, -0.15) is 4.98 Å². The summed E-state index contributed by atoms with van der Waals surface area (Å²) in [6.45, 7) is 6.92. The Bertz CT molecular complexity index is 1300. The van der Waals surface area contributed by atoms with Crippen LogP contribution in [0.25, 0.3) is 0 Å². The van der Waals surface area contributed by atoms with Gasteiger partial charge in [-0.15, -0.1) is 0 Å². The van der Waals surface area contributed by atoms with E-state index in [1.54, 1.807) is 24.4 Å². The lowest BCUT2D eigenvalue weighted by molar-refractivity contribution is -0.152. The molecule has 0 saturated carbocycles. The van der Waals surface area contributed by atoms with Crippen LogP contribution in [0, 0.1) is 0 Å². The molecule has 0 spiro atoms. The molecule has 10 heteroatoms. The number of hydrogen-bond acceptors (Lipinski definition) is 8. The predicted octanol–water partition coefficient (Wildman–Crippen LogP) is 4.74. The number of carboxylic acids is 1. The van der Waals surface area contributed by atoms with Crippen molar-refractivity contribution in [3.05, 3.63) is 66.4 Å². The number of benzene rings is 2. The molecule has 212 valence electrons. The Morgan fingerprint density at radius 2 is 1.85 bits per heavy atom. The highest BCUT2D eigenvalue weighted by Gasteiger charge is 2.29. The maximum Gasteiger partial charge on any atom is 0.347 e. The van der Waals surface area contributed by atoms with Crippen molar-refractivity contribution in [1.29, 1.82) is 0 Å². The minimum atomic E-state index is -1.32. The van der Waals surface area contributed by atoms with Crippen LogP contribution in [0.2, 0.25) is 0 Å². The molecule has 3 aromatic rings. The molecule has 40 heavy (non-hydrogen) atoms. The third-order valence-corrected chi connectivity index (χ3v) is 6.47. The van der Waals surface area contributed by atoms with E-state index in [-0.39, 0.29) is 18.4 Å². The highest BCUT2D eigenvalue weighted by molar-refractivity contribution is 5.90. The van der Waals surface area contributed by atoms with Crippen molar-refractivity contribution in [1.82, 2.24) is 9.97 Å². The van der Waals surface area contributed by atoms with Gasteiger partial charge in [0, 0.05) is 19.2 Å². The third kappa shape index (κ3) is 7.84. The monoisotopic (exact) mass is 548 g/mol. The first-order valence-electron chi connectivity index (χ1n) is 13.5. The molecule has 1 fully saturated rings. The van der Waals surface area contributed by atoms with Crippen LogP contribution in [-0.2, 0) is 16.0 Å². The van der Waals surface area contributed by atoms with Crippen LogP contribution < -0.4 is 24.4 Å². The first-order chi connectivity index (χ1) is 19.2. The van der Waals surface area contributed by atoms with E-state index in [2.05, 4.69) is 20.2 Å². The lowest BCUT2D eigenvalue weighted by Crippen LogP contribution is -2.42. The highest BCUT2D eigenvalue weighted by Crippen LogP contribution is 2.30. The average molecular weight is 549 g/mol. The number of anilines is 2. The quantitative estimate of drug-likeness (QED) is 0.330. The molecule has 0 bridgehead atoms. The second-order valence-electron chi connectivity index (χ2n) is 10.1. The standard InChI is InChI=1S/C30H36N4O6/c1-4-38-24-9-5-6-10-25(24)39-23-8-7-19-34(20-23)29-31-18-17-26(33-29)32-27(35)16-13-21-11-14-22(15-12-21)40-30(2,3)28(36)37/h5-6,9-12,14-15,17-18,23H,4,7-8,13,16,19-20H2,1-3H3,(H,36,37)(H,31,32,33,35). The molecule has 0 radical (unpaired) electrons. The van der Waals surface area contributed by atoms with Crippen LogP contribution in [0.15, 0.2) is 60.8 Å². The maximum absolute atomic E-state index is 12.6. The first kappa shape index (κ1) is 28.7. The van der Waals surface area contributed by atoms with Gasteiger partial charge in [-0.3, -0.25) is 4.79 Å². The van der Waals surface area contributed by atoms with Crippen LogP contribution in [0.1, 0.15) is 45.6 Å². The van der Waals surface area contributed by atoms with Gasteiger partial charge >= 0.3 is 5.97 Å². The predicted molar refractivity (Wildman–Crippen MR) is 151 cm³/mol. The zero-order valence-electron chi connectivity index (χ0n) is 23.1. The molecule has 1 aliphatic rings. The second kappa shape index (κ2) is 13.1. The molecule has 4 rings (SSSR count). The Morgan fingerprint density at radius 3 is 2.58 bits per heavy atom. The topological polar surface area (TPSA) is 123 Å². The number of amides is 1. The maximum atomic E-state index is 12.6. The van der Waals surface area contributed by atoms with Crippen LogP contribution in [-0.4, -0.2) is 58.4 Å². The van der Waals surface area contributed by atoms with Gasteiger partial charge in [0.2, 0.25) is 11.9 Å². The van der Waals surface area contributed by atoms with Gasteiger partial charge in [0.05, 0.1) is 13.2 Å². The number of ether oxygens (including phenoxy) is 3. The molecule has 2 N–H and O–H groups in total. The summed E-state index contributed by atoms with van der Waals surface area (Å²) in [5.74, 6) is 1.70. The summed E-state index contributed by atoms with van der Waals surface area (Å²) >= 11 is 0. The Labute approximate surface area is 234 Å².